The topological polar surface area (TPSA) is 67.2 Å². The summed E-state index contributed by atoms with van der Waals surface area (Å²) in [6.07, 6.45) is 0. The number of aromatic nitrogens is 2. The van der Waals surface area contributed by atoms with Gasteiger partial charge in [0.05, 0.1) is 17.6 Å². The Bertz CT molecular complexity index is 1330. The van der Waals surface area contributed by atoms with Crippen molar-refractivity contribution in [3.8, 4) is 0 Å². The number of carbonyl (C=O) groups is 2. The van der Waals surface area contributed by atoms with Crippen molar-refractivity contribution >= 4 is 34.4 Å². The number of imidazole rings is 1. The number of nitrogens with one attached hydrogen (secondary N) is 1. The minimum atomic E-state index is -1.11. The molecule has 166 valence electrons. The Morgan fingerprint density at radius 2 is 1.70 bits per heavy atom. The number of carbonyl (C=O) groups excluding carboxylic acids is 2. The highest BCUT2D eigenvalue weighted by molar-refractivity contribution is 6.30. The molecule has 1 atom stereocenters. The Hall–Kier alpha value is -3.64. The first kappa shape index (κ1) is 21.2. The van der Waals surface area contributed by atoms with Crippen molar-refractivity contribution in [3.63, 3.8) is 0 Å². The maximum Gasteiger partial charge on any atom is 0.291 e. The van der Waals surface area contributed by atoms with Gasteiger partial charge in [-0.3, -0.25) is 9.59 Å². The van der Waals surface area contributed by atoms with E-state index in [9.17, 15) is 9.59 Å². The summed E-state index contributed by atoms with van der Waals surface area (Å²) in [7, 11) is 0. The highest BCUT2D eigenvalue weighted by Gasteiger charge is 2.48. The predicted octanol–water partition coefficient (Wildman–Crippen LogP) is 4.42. The molecule has 2 amide bonds. The standard InChI is InChI=1S/C26H23ClN4O2/c1-26(25(33)28-15-18-7-3-2-4-8-18)17-30-22-10-6-5-9-21(22)29-23(30)24(32)31(26)16-19-11-13-20(27)14-12-19/h2-14H,15-17H2,1H3,(H,28,33)/t26-/m1/s1. The van der Waals surface area contributed by atoms with Gasteiger partial charge >= 0.3 is 0 Å². The van der Waals surface area contributed by atoms with E-state index in [0.29, 0.717) is 23.9 Å². The second-order valence-electron chi connectivity index (χ2n) is 8.47. The zero-order valence-corrected chi connectivity index (χ0v) is 18.9. The Morgan fingerprint density at radius 1 is 1.00 bits per heavy atom. The maximum atomic E-state index is 13.7. The molecule has 1 aromatic heterocycles. The predicted molar refractivity (Wildman–Crippen MR) is 128 cm³/mol. The van der Waals surface area contributed by atoms with Crippen LogP contribution in [0.5, 0.6) is 0 Å². The lowest BCUT2D eigenvalue weighted by Gasteiger charge is -2.43. The van der Waals surface area contributed by atoms with E-state index in [1.807, 2.05) is 78.2 Å². The number of para-hydroxylation sites is 2. The molecular weight excluding hydrogens is 436 g/mol. The van der Waals surface area contributed by atoms with Crippen LogP contribution < -0.4 is 5.32 Å². The maximum absolute atomic E-state index is 13.7. The molecule has 5 rings (SSSR count). The Morgan fingerprint density at radius 3 is 2.45 bits per heavy atom. The quantitative estimate of drug-likeness (QED) is 0.481. The molecule has 0 bridgehead atoms. The number of rotatable bonds is 5. The molecule has 33 heavy (non-hydrogen) atoms. The zero-order chi connectivity index (χ0) is 23.0. The fraction of sp³-hybridized carbons (Fsp3) is 0.192. The number of halogens is 1. The first-order valence-corrected chi connectivity index (χ1v) is 11.2. The summed E-state index contributed by atoms with van der Waals surface area (Å²) in [5.74, 6) is -0.139. The van der Waals surface area contributed by atoms with Crippen molar-refractivity contribution in [1.29, 1.82) is 0 Å². The van der Waals surface area contributed by atoms with Crippen molar-refractivity contribution in [2.45, 2.75) is 32.1 Å². The van der Waals surface area contributed by atoms with Gasteiger partial charge in [-0.25, -0.2) is 4.98 Å². The Labute approximate surface area is 196 Å². The molecule has 0 spiro atoms. The van der Waals surface area contributed by atoms with Gasteiger partial charge in [0.1, 0.15) is 5.54 Å². The van der Waals surface area contributed by atoms with Gasteiger partial charge in [0.25, 0.3) is 5.91 Å². The average molecular weight is 459 g/mol. The summed E-state index contributed by atoms with van der Waals surface area (Å²) in [4.78, 5) is 33.5. The van der Waals surface area contributed by atoms with E-state index < -0.39 is 5.54 Å². The summed E-state index contributed by atoms with van der Waals surface area (Å²) in [5.41, 5.74) is 2.35. The first-order chi connectivity index (χ1) is 16.0. The number of amides is 2. The van der Waals surface area contributed by atoms with Gasteiger partial charge in [0, 0.05) is 18.1 Å². The molecule has 7 heteroatoms. The van der Waals surface area contributed by atoms with Gasteiger partial charge in [-0.15, -0.1) is 0 Å². The third-order valence-corrected chi connectivity index (χ3v) is 6.44. The molecule has 6 nitrogen and oxygen atoms in total. The summed E-state index contributed by atoms with van der Waals surface area (Å²) in [6, 6.07) is 24.6. The van der Waals surface area contributed by atoms with E-state index in [2.05, 4.69) is 10.3 Å². The van der Waals surface area contributed by atoms with Crippen molar-refractivity contribution in [2.24, 2.45) is 0 Å². The molecular formula is C26H23ClN4O2. The molecule has 1 aliphatic heterocycles. The van der Waals surface area contributed by atoms with E-state index in [1.54, 1.807) is 17.0 Å². The smallest absolute Gasteiger partial charge is 0.291 e. The first-order valence-electron chi connectivity index (χ1n) is 10.8. The molecule has 0 aliphatic carbocycles. The molecule has 0 radical (unpaired) electrons. The summed E-state index contributed by atoms with van der Waals surface area (Å²) >= 11 is 6.04. The lowest BCUT2D eigenvalue weighted by molar-refractivity contribution is -0.133. The van der Waals surface area contributed by atoms with Gasteiger partial charge in [0.15, 0.2) is 5.82 Å². The third-order valence-electron chi connectivity index (χ3n) is 6.19. The lowest BCUT2D eigenvalue weighted by atomic mass is 9.94. The van der Waals surface area contributed by atoms with Crippen LogP contribution in [-0.4, -0.2) is 31.8 Å². The minimum Gasteiger partial charge on any atom is -0.350 e. The van der Waals surface area contributed by atoms with E-state index in [-0.39, 0.29) is 18.4 Å². The fourth-order valence-electron chi connectivity index (χ4n) is 4.32. The van der Waals surface area contributed by atoms with Crippen LogP contribution in [0.4, 0.5) is 0 Å². The van der Waals surface area contributed by atoms with E-state index in [0.717, 1.165) is 22.2 Å². The summed E-state index contributed by atoms with van der Waals surface area (Å²) < 4.78 is 1.86. The minimum absolute atomic E-state index is 0.211. The Balaban J connectivity index is 1.53. The number of benzene rings is 3. The molecule has 1 N–H and O–H groups in total. The number of fused-ring (bicyclic) bond motifs is 3. The molecule has 2 heterocycles. The van der Waals surface area contributed by atoms with Gasteiger partial charge in [-0.2, -0.15) is 0 Å². The van der Waals surface area contributed by atoms with E-state index >= 15 is 0 Å². The summed E-state index contributed by atoms with van der Waals surface area (Å²) in [5, 5.41) is 3.66. The molecule has 0 fully saturated rings. The van der Waals surface area contributed by atoms with Gasteiger partial charge in [0.2, 0.25) is 5.91 Å². The molecule has 4 aromatic rings. The second kappa shape index (κ2) is 8.37. The van der Waals surface area contributed by atoms with Crippen LogP contribution in [-0.2, 0) is 24.4 Å². The van der Waals surface area contributed by atoms with Gasteiger partial charge in [-0.05, 0) is 42.3 Å². The van der Waals surface area contributed by atoms with Crippen LogP contribution in [0.2, 0.25) is 5.02 Å². The summed E-state index contributed by atoms with van der Waals surface area (Å²) in [6.45, 7) is 2.78. The second-order valence-corrected chi connectivity index (χ2v) is 8.91. The van der Waals surface area contributed by atoms with E-state index in [4.69, 9.17) is 11.6 Å². The monoisotopic (exact) mass is 458 g/mol. The lowest BCUT2D eigenvalue weighted by Crippen LogP contribution is -2.63. The fourth-order valence-corrected chi connectivity index (χ4v) is 4.44. The van der Waals surface area contributed by atoms with Crippen molar-refractivity contribution in [1.82, 2.24) is 19.8 Å². The molecule has 1 aliphatic rings. The SMILES string of the molecule is C[C@]1(C(=O)NCc2ccccc2)Cn2c(nc3ccccc32)C(=O)N1Cc1ccc(Cl)cc1. The highest BCUT2D eigenvalue weighted by atomic mass is 35.5. The van der Waals surface area contributed by atoms with E-state index in [1.165, 1.54) is 0 Å². The Kier molecular flexibility index (Phi) is 5.38. The normalized spacial score (nSPS) is 17.8. The van der Waals surface area contributed by atoms with Crippen LogP contribution in [0.3, 0.4) is 0 Å². The largest absolute Gasteiger partial charge is 0.350 e. The van der Waals surface area contributed by atoms with Gasteiger partial charge in [-0.1, -0.05) is 66.2 Å². The molecule has 0 saturated carbocycles. The van der Waals surface area contributed by atoms with Crippen molar-refractivity contribution < 1.29 is 9.59 Å². The van der Waals surface area contributed by atoms with Gasteiger partial charge < -0.3 is 14.8 Å². The van der Waals surface area contributed by atoms with Crippen molar-refractivity contribution in [2.75, 3.05) is 0 Å². The molecule has 0 saturated heterocycles. The number of hydrogen-bond acceptors (Lipinski definition) is 3. The molecule has 3 aromatic carbocycles. The molecule has 0 unspecified atom stereocenters. The third kappa shape index (κ3) is 3.87. The number of hydrogen-bond donors (Lipinski definition) is 1. The van der Waals surface area contributed by atoms with Crippen LogP contribution in [0.25, 0.3) is 11.0 Å². The van der Waals surface area contributed by atoms with Crippen molar-refractivity contribution in [3.05, 3.63) is 101 Å². The highest BCUT2D eigenvalue weighted by Crippen LogP contribution is 2.32. The number of nitrogens with zero attached hydrogens (tertiary/aromatic N) is 3. The zero-order valence-electron chi connectivity index (χ0n) is 18.2. The van der Waals surface area contributed by atoms with Crippen LogP contribution in [0.15, 0.2) is 78.9 Å². The van der Waals surface area contributed by atoms with Crippen LogP contribution >= 0.6 is 11.6 Å². The van der Waals surface area contributed by atoms with Crippen LogP contribution in [0, 0.1) is 0 Å². The van der Waals surface area contributed by atoms with Crippen LogP contribution in [0.1, 0.15) is 28.7 Å². The average Bonchev–Trinajstić information content (AvgIpc) is 3.20.